The lowest BCUT2D eigenvalue weighted by Gasteiger charge is -2.16. The van der Waals surface area contributed by atoms with Gasteiger partial charge in [-0.2, -0.15) is 13.2 Å². The average Bonchev–Trinajstić information content (AvgIpc) is 2.86. The van der Waals surface area contributed by atoms with E-state index < -0.39 is 34.4 Å². The minimum Gasteiger partial charge on any atom is -0.496 e. The molecule has 9 nitrogen and oxygen atoms in total. The fourth-order valence-electron chi connectivity index (χ4n) is 3.21. The molecule has 0 heterocycles. The van der Waals surface area contributed by atoms with E-state index in [0.29, 0.717) is 11.1 Å². The van der Waals surface area contributed by atoms with Crippen molar-refractivity contribution in [2.75, 3.05) is 14.2 Å². The number of esters is 1. The van der Waals surface area contributed by atoms with Crippen molar-refractivity contribution in [1.29, 1.82) is 0 Å². The predicted octanol–water partition coefficient (Wildman–Crippen LogP) is 5.36. The number of nitrogens with one attached hydrogen (secondary N) is 1. The number of nitro benzene ring substituents is 1. The molecule has 36 heavy (non-hydrogen) atoms. The molecule has 3 aromatic rings. The van der Waals surface area contributed by atoms with Gasteiger partial charge in [-0.05, 0) is 42.0 Å². The van der Waals surface area contributed by atoms with E-state index in [2.05, 4.69) is 10.1 Å². The van der Waals surface area contributed by atoms with Gasteiger partial charge in [0.2, 0.25) is 0 Å². The van der Waals surface area contributed by atoms with Crippen molar-refractivity contribution in [3.8, 4) is 22.6 Å². The van der Waals surface area contributed by atoms with E-state index in [1.807, 2.05) is 0 Å². The summed E-state index contributed by atoms with van der Waals surface area (Å²) in [6.07, 6.45) is -5.66. The largest absolute Gasteiger partial charge is 0.496 e. The van der Waals surface area contributed by atoms with Gasteiger partial charge in [0.15, 0.2) is 0 Å². The molecular formula is C24H19F3N2O7. The first-order valence-corrected chi connectivity index (χ1v) is 10.2. The van der Waals surface area contributed by atoms with E-state index in [4.69, 9.17) is 9.47 Å². The Labute approximate surface area is 202 Å². The maximum Gasteiger partial charge on any atom is 0.416 e. The third-order valence-corrected chi connectivity index (χ3v) is 5.01. The van der Waals surface area contributed by atoms with E-state index in [1.54, 1.807) is 12.1 Å². The molecule has 0 atom stereocenters. The van der Waals surface area contributed by atoms with E-state index >= 15 is 0 Å². The van der Waals surface area contributed by atoms with Gasteiger partial charge in [-0.15, -0.1) is 0 Å². The lowest BCUT2D eigenvalue weighted by Crippen LogP contribution is -2.26. The van der Waals surface area contributed by atoms with Crippen molar-refractivity contribution in [3.05, 3.63) is 87.5 Å². The fraction of sp³-hybridized carbons (Fsp3) is 0.167. The number of hydrogen-bond donors (Lipinski definition) is 1. The molecule has 0 bridgehead atoms. The number of amides is 1. The molecule has 0 aliphatic carbocycles. The summed E-state index contributed by atoms with van der Waals surface area (Å²) in [5, 5.41) is 13.8. The Morgan fingerprint density at radius 3 is 2.17 bits per heavy atom. The van der Waals surface area contributed by atoms with Crippen molar-refractivity contribution in [3.63, 3.8) is 0 Å². The van der Waals surface area contributed by atoms with Crippen LogP contribution in [0.2, 0.25) is 0 Å². The standard InChI is InChI=1S/C24H19F3N2O7/c1-34-20-9-7-16(24(25,26)27)11-18(20)19-12-17(29(32)33)8-10-21(19)36-23(31)28-13-14-3-5-15(6-4-14)22(30)35-2/h3-12H,13H2,1-2H3,(H,28,31). The van der Waals surface area contributed by atoms with Gasteiger partial charge in [0.1, 0.15) is 11.5 Å². The first-order valence-electron chi connectivity index (χ1n) is 10.2. The molecule has 12 heteroatoms. The summed E-state index contributed by atoms with van der Waals surface area (Å²) in [5.74, 6) is -0.763. The van der Waals surface area contributed by atoms with Crippen molar-refractivity contribution in [2.45, 2.75) is 12.7 Å². The van der Waals surface area contributed by atoms with Crippen LogP contribution in [0.3, 0.4) is 0 Å². The number of nitro groups is 1. The normalized spacial score (nSPS) is 10.9. The molecule has 0 aliphatic heterocycles. The maximum atomic E-state index is 13.3. The van der Waals surface area contributed by atoms with E-state index in [9.17, 15) is 32.9 Å². The number of carbonyl (C=O) groups excluding carboxylic acids is 2. The summed E-state index contributed by atoms with van der Waals surface area (Å²) in [6, 6.07) is 11.9. The molecule has 0 fully saturated rings. The highest BCUT2D eigenvalue weighted by atomic mass is 19.4. The van der Waals surface area contributed by atoms with Crippen LogP contribution in [-0.4, -0.2) is 31.2 Å². The van der Waals surface area contributed by atoms with Gasteiger partial charge in [-0.3, -0.25) is 10.1 Å². The van der Waals surface area contributed by atoms with Crippen molar-refractivity contribution in [1.82, 2.24) is 5.32 Å². The van der Waals surface area contributed by atoms with Gasteiger partial charge < -0.3 is 19.5 Å². The highest BCUT2D eigenvalue weighted by molar-refractivity contribution is 5.89. The van der Waals surface area contributed by atoms with Crippen molar-refractivity contribution < 1.29 is 41.9 Å². The Morgan fingerprint density at radius 1 is 0.944 bits per heavy atom. The van der Waals surface area contributed by atoms with Crippen LogP contribution in [0.5, 0.6) is 11.5 Å². The fourth-order valence-corrected chi connectivity index (χ4v) is 3.21. The minimum absolute atomic E-state index is 0.00448. The van der Waals surface area contributed by atoms with Crippen LogP contribution in [0.4, 0.5) is 23.7 Å². The van der Waals surface area contributed by atoms with E-state index in [0.717, 1.165) is 36.4 Å². The number of halogens is 3. The van der Waals surface area contributed by atoms with Gasteiger partial charge in [0.05, 0.1) is 30.3 Å². The summed E-state index contributed by atoms with van der Waals surface area (Å²) in [4.78, 5) is 34.5. The number of nitrogens with zero attached hydrogens (tertiary/aromatic N) is 1. The van der Waals surface area contributed by atoms with Crippen LogP contribution >= 0.6 is 0 Å². The number of non-ortho nitro benzene ring substituents is 1. The molecule has 3 aromatic carbocycles. The Morgan fingerprint density at radius 2 is 1.58 bits per heavy atom. The maximum absolute atomic E-state index is 13.3. The predicted molar refractivity (Wildman–Crippen MR) is 121 cm³/mol. The van der Waals surface area contributed by atoms with Gasteiger partial charge in [-0.25, -0.2) is 9.59 Å². The molecule has 0 saturated carbocycles. The smallest absolute Gasteiger partial charge is 0.416 e. The molecule has 1 N–H and O–H groups in total. The van der Waals surface area contributed by atoms with Crippen LogP contribution in [0.25, 0.3) is 11.1 Å². The van der Waals surface area contributed by atoms with Crippen molar-refractivity contribution >= 4 is 17.7 Å². The highest BCUT2D eigenvalue weighted by Gasteiger charge is 2.32. The third kappa shape index (κ3) is 6.09. The van der Waals surface area contributed by atoms with Gasteiger partial charge in [0.25, 0.3) is 5.69 Å². The zero-order chi connectivity index (χ0) is 26.5. The number of benzene rings is 3. The molecule has 3 rings (SSSR count). The first-order chi connectivity index (χ1) is 17.0. The molecule has 1 amide bonds. The lowest BCUT2D eigenvalue weighted by atomic mass is 10.00. The molecule has 0 unspecified atom stereocenters. The van der Waals surface area contributed by atoms with Gasteiger partial charge in [0, 0.05) is 29.8 Å². The number of carbonyl (C=O) groups is 2. The minimum atomic E-state index is -4.69. The SMILES string of the molecule is COC(=O)c1ccc(CNC(=O)Oc2ccc([N+](=O)[O-])cc2-c2cc(C(F)(F)F)ccc2OC)cc1. The topological polar surface area (TPSA) is 117 Å². The first kappa shape index (κ1) is 26.0. The lowest BCUT2D eigenvalue weighted by molar-refractivity contribution is -0.384. The zero-order valence-corrected chi connectivity index (χ0v) is 18.9. The molecular weight excluding hydrogens is 485 g/mol. The molecule has 0 radical (unpaired) electrons. The Kier molecular flexibility index (Phi) is 7.77. The van der Waals surface area contributed by atoms with E-state index in [-0.39, 0.29) is 29.2 Å². The number of rotatable bonds is 7. The summed E-state index contributed by atoms with van der Waals surface area (Å²) >= 11 is 0. The zero-order valence-electron chi connectivity index (χ0n) is 18.9. The third-order valence-electron chi connectivity index (χ3n) is 5.01. The summed E-state index contributed by atoms with van der Waals surface area (Å²) in [7, 11) is 2.47. The summed E-state index contributed by atoms with van der Waals surface area (Å²) in [5.41, 5.74) is -0.821. The molecule has 0 aliphatic rings. The Hall–Kier alpha value is -4.61. The highest BCUT2D eigenvalue weighted by Crippen LogP contribution is 2.42. The summed E-state index contributed by atoms with van der Waals surface area (Å²) in [6.45, 7) is -0.00448. The van der Waals surface area contributed by atoms with Crippen LogP contribution in [0.1, 0.15) is 21.5 Å². The Bertz CT molecular complexity index is 1290. The number of methoxy groups -OCH3 is 2. The number of alkyl halides is 3. The van der Waals surface area contributed by atoms with E-state index in [1.165, 1.54) is 26.4 Å². The quantitative estimate of drug-likeness (QED) is 0.261. The second-order valence-corrected chi connectivity index (χ2v) is 7.28. The van der Waals surface area contributed by atoms with Crippen molar-refractivity contribution in [2.24, 2.45) is 0 Å². The molecule has 0 aromatic heterocycles. The van der Waals surface area contributed by atoms with Crippen LogP contribution in [-0.2, 0) is 17.5 Å². The Balaban J connectivity index is 1.89. The summed E-state index contributed by atoms with van der Waals surface area (Å²) < 4.78 is 55.0. The second-order valence-electron chi connectivity index (χ2n) is 7.28. The van der Waals surface area contributed by atoms with Crippen LogP contribution in [0.15, 0.2) is 60.7 Å². The van der Waals surface area contributed by atoms with Gasteiger partial charge >= 0.3 is 18.2 Å². The molecule has 188 valence electrons. The molecule has 0 spiro atoms. The van der Waals surface area contributed by atoms with Crippen LogP contribution in [0, 0.1) is 10.1 Å². The average molecular weight is 504 g/mol. The molecule has 0 saturated heterocycles. The number of hydrogen-bond acceptors (Lipinski definition) is 7. The monoisotopic (exact) mass is 504 g/mol. The second kappa shape index (κ2) is 10.8. The van der Waals surface area contributed by atoms with Crippen LogP contribution < -0.4 is 14.8 Å². The van der Waals surface area contributed by atoms with Gasteiger partial charge in [-0.1, -0.05) is 12.1 Å². The number of ether oxygens (including phenoxy) is 3.